The van der Waals surface area contributed by atoms with Crippen LogP contribution in [0.2, 0.25) is 0 Å². The van der Waals surface area contributed by atoms with Gasteiger partial charge in [-0.15, -0.1) is 11.3 Å². The molecule has 174 valence electrons. The third-order valence-electron chi connectivity index (χ3n) is 5.42. The molecule has 1 aromatic heterocycles. The van der Waals surface area contributed by atoms with E-state index in [1.807, 2.05) is 28.1 Å². The van der Waals surface area contributed by atoms with Gasteiger partial charge in [-0.25, -0.2) is 4.79 Å². The van der Waals surface area contributed by atoms with Crippen LogP contribution < -0.4 is 0 Å². The Labute approximate surface area is 183 Å². The van der Waals surface area contributed by atoms with Gasteiger partial charge in [-0.2, -0.15) is 13.2 Å². The van der Waals surface area contributed by atoms with Gasteiger partial charge < -0.3 is 14.9 Å². The fraction of sp³-hybridized carbons (Fsp3) is 0.650. The first-order chi connectivity index (χ1) is 14.3. The van der Waals surface area contributed by atoms with Crippen molar-refractivity contribution < 1.29 is 32.7 Å². The standard InChI is InChI=1S/C18H27N3O2S.C2HF3O2/c1-4-20-12-18(9-17(20)23)11-19(7-8-21(13-18)15(3)22)10-16-6-5-14(2)24-16;3-2(4,5)1(6)7/h5-6H,4,7-13H2,1-3H3;(H,6,7). The molecular formula is C20H28F3N3O4S. The van der Waals surface area contributed by atoms with Crippen LogP contribution in [0.4, 0.5) is 13.2 Å². The minimum absolute atomic E-state index is 0.116. The lowest BCUT2D eigenvalue weighted by Crippen LogP contribution is -2.43. The average Bonchev–Trinajstić information content (AvgIpc) is 3.14. The number of carbonyl (C=O) groups excluding carboxylic acids is 2. The summed E-state index contributed by atoms with van der Waals surface area (Å²) < 4.78 is 31.7. The first kappa shape index (κ1) is 25.1. The topological polar surface area (TPSA) is 81.2 Å². The van der Waals surface area contributed by atoms with Gasteiger partial charge in [0, 0.05) is 74.3 Å². The van der Waals surface area contributed by atoms with E-state index in [2.05, 4.69) is 24.0 Å². The normalized spacial score (nSPS) is 22.3. The molecule has 11 heteroatoms. The molecule has 1 spiro atoms. The third-order valence-corrected chi connectivity index (χ3v) is 6.41. The number of halogens is 3. The van der Waals surface area contributed by atoms with Crippen LogP contribution in [-0.4, -0.2) is 83.0 Å². The molecule has 2 amide bonds. The van der Waals surface area contributed by atoms with E-state index in [9.17, 15) is 22.8 Å². The fourth-order valence-electron chi connectivity index (χ4n) is 4.03. The van der Waals surface area contributed by atoms with E-state index in [0.29, 0.717) is 13.0 Å². The van der Waals surface area contributed by atoms with Crippen molar-refractivity contribution in [2.45, 2.75) is 39.9 Å². The van der Waals surface area contributed by atoms with Crippen LogP contribution >= 0.6 is 11.3 Å². The highest BCUT2D eigenvalue weighted by Gasteiger charge is 2.46. The number of likely N-dealkylation sites (tertiary alicyclic amines) is 1. The van der Waals surface area contributed by atoms with Crippen molar-refractivity contribution in [1.82, 2.24) is 14.7 Å². The van der Waals surface area contributed by atoms with Crippen molar-refractivity contribution in [3.63, 3.8) is 0 Å². The molecule has 0 saturated carbocycles. The molecule has 31 heavy (non-hydrogen) atoms. The van der Waals surface area contributed by atoms with Crippen LogP contribution in [0.1, 0.15) is 30.0 Å². The number of rotatable bonds is 3. The molecule has 2 aliphatic rings. The Hall–Kier alpha value is -2.14. The van der Waals surface area contributed by atoms with E-state index in [1.165, 1.54) is 9.75 Å². The molecule has 0 aromatic carbocycles. The van der Waals surface area contributed by atoms with Crippen LogP contribution in [0.5, 0.6) is 0 Å². The van der Waals surface area contributed by atoms with Gasteiger partial charge in [-0.05, 0) is 26.0 Å². The molecule has 1 atom stereocenters. The van der Waals surface area contributed by atoms with Crippen molar-refractivity contribution in [2.75, 3.05) is 39.3 Å². The molecular weight excluding hydrogens is 435 g/mol. The molecule has 2 saturated heterocycles. The van der Waals surface area contributed by atoms with Gasteiger partial charge in [0.2, 0.25) is 11.8 Å². The van der Waals surface area contributed by atoms with Crippen molar-refractivity contribution in [1.29, 1.82) is 0 Å². The highest BCUT2D eigenvalue weighted by molar-refractivity contribution is 7.11. The molecule has 0 aliphatic carbocycles. The summed E-state index contributed by atoms with van der Waals surface area (Å²) in [4.78, 5) is 42.2. The van der Waals surface area contributed by atoms with Crippen LogP contribution in [0.25, 0.3) is 0 Å². The number of nitrogens with zero attached hydrogens (tertiary/aromatic N) is 3. The summed E-state index contributed by atoms with van der Waals surface area (Å²) >= 11 is 1.83. The fourth-order valence-corrected chi connectivity index (χ4v) is 4.96. The van der Waals surface area contributed by atoms with E-state index in [0.717, 1.165) is 39.3 Å². The van der Waals surface area contributed by atoms with E-state index in [-0.39, 0.29) is 17.2 Å². The van der Waals surface area contributed by atoms with E-state index >= 15 is 0 Å². The van der Waals surface area contributed by atoms with Crippen molar-refractivity contribution in [2.24, 2.45) is 5.41 Å². The van der Waals surface area contributed by atoms with Gasteiger partial charge in [0.1, 0.15) is 0 Å². The Morgan fingerprint density at radius 1 is 1.19 bits per heavy atom. The molecule has 3 rings (SSSR count). The van der Waals surface area contributed by atoms with Gasteiger partial charge >= 0.3 is 12.1 Å². The average molecular weight is 464 g/mol. The monoisotopic (exact) mass is 463 g/mol. The SMILES string of the molecule is CCN1CC2(CC1=O)CN(Cc1ccc(C)s1)CCN(C(C)=O)C2.O=C(O)C(F)(F)F. The van der Waals surface area contributed by atoms with Crippen molar-refractivity contribution in [3.05, 3.63) is 21.9 Å². The smallest absolute Gasteiger partial charge is 0.475 e. The summed E-state index contributed by atoms with van der Waals surface area (Å²) in [5.74, 6) is -2.41. The first-order valence-electron chi connectivity index (χ1n) is 9.96. The van der Waals surface area contributed by atoms with Gasteiger partial charge in [-0.1, -0.05) is 0 Å². The lowest BCUT2D eigenvalue weighted by molar-refractivity contribution is -0.192. The highest BCUT2D eigenvalue weighted by Crippen LogP contribution is 2.35. The molecule has 3 heterocycles. The van der Waals surface area contributed by atoms with E-state index in [1.54, 1.807) is 6.92 Å². The second-order valence-corrected chi connectivity index (χ2v) is 9.42. The number of thiophene rings is 1. The predicted octanol–water partition coefficient (Wildman–Crippen LogP) is 2.59. The number of alkyl halides is 3. The minimum atomic E-state index is -5.08. The summed E-state index contributed by atoms with van der Waals surface area (Å²) in [7, 11) is 0. The largest absolute Gasteiger partial charge is 0.490 e. The number of hydrogen-bond acceptors (Lipinski definition) is 5. The molecule has 7 nitrogen and oxygen atoms in total. The summed E-state index contributed by atoms with van der Waals surface area (Å²) in [6, 6.07) is 4.35. The van der Waals surface area contributed by atoms with E-state index in [4.69, 9.17) is 9.90 Å². The zero-order valence-electron chi connectivity index (χ0n) is 17.9. The number of aryl methyl sites for hydroxylation is 1. The van der Waals surface area contributed by atoms with Crippen molar-refractivity contribution >= 4 is 29.1 Å². The van der Waals surface area contributed by atoms with Gasteiger partial charge in [0.25, 0.3) is 0 Å². The highest BCUT2D eigenvalue weighted by atomic mass is 32.1. The Kier molecular flexibility index (Phi) is 8.09. The third kappa shape index (κ3) is 6.93. The Morgan fingerprint density at radius 3 is 2.29 bits per heavy atom. The minimum Gasteiger partial charge on any atom is -0.475 e. The second-order valence-electron chi connectivity index (χ2n) is 8.05. The number of carbonyl (C=O) groups is 3. The second kappa shape index (κ2) is 9.99. The predicted molar refractivity (Wildman–Crippen MR) is 110 cm³/mol. The summed E-state index contributed by atoms with van der Waals surface area (Å²) in [5, 5.41) is 7.12. The van der Waals surface area contributed by atoms with Crippen LogP contribution in [-0.2, 0) is 20.9 Å². The molecule has 0 bridgehead atoms. The number of carboxylic acids is 1. The lowest BCUT2D eigenvalue weighted by atomic mass is 9.86. The van der Waals surface area contributed by atoms with Gasteiger partial charge in [0.05, 0.1) is 0 Å². The van der Waals surface area contributed by atoms with Crippen LogP contribution in [0.3, 0.4) is 0 Å². The maximum Gasteiger partial charge on any atom is 0.490 e. The Morgan fingerprint density at radius 2 is 1.84 bits per heavy atom. The lowest BCUT2D eigenvalue weighted by Gasteiger charge is -2.33. The zero-order valence-corrected chi connectivity index (χ0v) is 18.7. The zero-order chi connectivity index (χ0) is 23.4. The molecule has 1 N–H and O–H groups in total. The summed E-state index contributed by atoms with van der Waals surface area (Å²) in [5.41, 5.74) is -0.123. The van der Waals surface area contributed by atoms with Crippen LogP contribution in [0.15, 0.2) is 12.1 Å². The molecule has 0 radical (unpaired) electrons. The molecule has 2 aliphatic heterocycles. The quantitative estimate of drug-likeness (QED) is 0.745. The maximum atomic E-state index is 12.3. The van der Waals surface area contributed by atoms with Gasteiger partial charge in [-0.3, -0.25) is 14.5 Å². The number of hydrogen-bond donors (Lipinski definition) is 1. The molecule has 1 aromatic rings. The van der Waals surface area contributed by atoms with E-state index < -0.39 is 12.1 Å². The Balaban J connectivity index is 0.000000423. The Bertz CT molecular complexity index is 814. The number of carboxylic acid groups (broad SMARTS) is 1. The van der Waals surface area contributed by atoms with Gasteiger partial charge in [0.15, 0.2) is 0 Å². The van der Waals surface area contributed by atoms with Crippen LogP contribution in [0, 0.1) is 12.3 Å². The summed E-state index contributed by atoms with van der Waals surface area (Å²) in [6.45, 7) is 11.4. The maximum absolute atomic E-state index is 12.3. The summed E-state index contributed by atoms with van der Waals surface area (Å²) in [6.07, 6.45) is -4.52. The van der Waals surface area contributed by atoms with Crippen molar-refractivity contribution in [3.8, 4) is 0 Å². The molecule has 1 unspecified atom stereocenters. The number of aliphatic carboxylic acids is 1. The first-order valence-corrected chi connectivity index (χ1v) is 10.8. The number of amides is 2. The molecule has 2 fully saturated rings.